The molecule has 1 fully saturated rings. The van der Waals surface area contributed by atoms with E-state index >= 15 is 0 Å². The highest BCUT2D eigenvalue weighted by atomic mass is 16.5. The smallest absolute Gasteiger partial charge is 0.123 e. The van der Waals surface area contributed by atoms with Crippen molar-refractivity contribution < 1.29 is 9.47 Å². The summed E-state index contributed by atoms with van der Waals surface area (Å²) in [4.78, 5) is 0. The van der Waals surface area contributed by atoms with Gasteiger partial charge in [-0.3, -0.25) is 0 Å². The van der Waals surface area contributed by atoms with E-state index < -0.39 is 0 Å². The van der Waals surface area contributed by atoms with Crippen molar-refractivity contribution in [1.29, 1.82) is 0 Å². The van der Waals surface area contributed by atoms with Gasteiger partial charge < -0.3 is 14.8 Å². The molecule has 0 bridgehead atoms. The monoisotopic (exact) mass is 291 g/mol. The predicted molar refractivity (Wildman–Crippen MR) is 87.1 cm³/mol. The summed E-state index contributed by atoms with van der Waals surface area (Å²) in [6, 6.07) is 6.91. The number of hydrogen-bond acceptors (Lipinski definition) is 3. The first-order valence-corrected chi connectivity index (χ1v) is 8.15. The lowest BCUT2D eigenvalue weighted by Gasteiger charge is -2.31. The van der Waals surface area contributed by atoms with Gasteiger partial charge in [0.15, 0.2) is 0 Å². The van der Waals surface area contributed by atoms with Crippen LogP contribution in [0.5, 0.6) is 11.5 Å². The molecule has 1 unspecified atom stereocenters. The quantitative estimate of drug-likeness (QED) is 0.846. The zero-order valence-electron chi connectivity index (χ0n) is 13.8. The fourth-order valence-electron chi connectivity index (χ4n) is 3.36. The maximum absolute atomic E-state index is 5.49. The van der Waals surface area contributed by atoms with Gasteiger partial charge in [-0.15, -0.1) is 0 Å². The Hall–Kier alpha value is -1.22. The van der Waals surface area contributed by atoms with Crippen LogP contribution >= 0.6 is 0 Å². The minimum absolute atomic E-state index is 0.276. The third kappa shape index (κ3) is 4.13. The fraction of sp³-hybridized carbons (Fsp3) is 0.667. The summed E-state index contributed by atoms with van der Waals surface area (Å²) in [7, 11) is 3.43. The van der Waals surface area contributed by atoms with Gasteiger partial charge in [0.25, 0.3) is 0 Å². The number of hydrogen-bond donors (Lipinski definition) is 1. The summed E-state index contributed by atoms with van der Waals surface area (Å²) in [5, 5.41) is 3.77. The van der Waals surface area contributed by atoms with Crippen LogP contribution in [0.2, 0.25) is 0 Å². The van der Waals surface area contributed by atoms with Gasteiger partial charge in [-0.05, 0) is 56.7 Å². The van der Waals surface area contributed by atoms with Gasteiger partial charge in [0.05, 0.1) is 14.2 Å². The minimum atomic E-state index is 0.276. The Kier molecular flexibility index (Phi) is 5.92. The molecule has 3 heteroatoms. The zero-order valence-corrected chi connectivity index (χ0v) is 13.8. The summed E-state index contributed by atoms with van der Waals surface area (Å²) in [6.07, 6.45) is 6.61. The molecule has 21 heavy (non-hydrogen) atoms. The summed E-state index contributed by atoms with van der Waals surface area (Å²) in [5.41, 5.74) is 1.18. The van der Waals surface area contributed by atoms with Crippen LogP contribution in [0.4, 0.5) is 0 Å². The number of rotatable bonds is 6. The van der Waals surface area contributed by atoms with E-state index in [2.05, 4.69) is 25.2 Å². The van der Waals surface area contributed by atoms with Crippen LogP contribution < -0.4 is 14.8 Å². The lowest BCUT2D eigenvalue weighted by molar-refractivity contribution is 0.271. The third-order valence-electron chi connectivity index (χ3n) is 4.81. The molecule has 0 heterocycles. The molecule has 1 aromatic carbocycles. The van der Waals surface area contributed by atoms with Crippen LogP contribution in [0.25, 0.3) is 0 Å². The van der Waals surface area contributed by atoms with Crippen LogP contribution in [0, 0.1) is 5.92 Å². The van der Waals surface area contributed by atoms with E-state index in [4.69, 9.17) is 9.47 Å². The highest BCUT2D eigenvalue weighted by Crippen LogP contribution is 2.32. The van der Waals surface area contributed by atoms with E-state index in [0.717, 1.165) is 17.4 Å². The number of ether oxygens (including phenoxy) is 2. The van der Waals surface area contributed by atoms with Crippen molar-refractivity contribution in [3.63, 3.8) is 0 Å². The maximum Gasteiger partial charge on any atom is 0.123 e. The standard InChI is InChI=1S/C18H29NO2/c1-5-14-6-8-15(9-7-14)19-13(2)17-12-16(20-3)10-11-18(17)21-4/h10-15,19H,5-9H2,1-4H3. The topological polar surface area (TPSA) is 30.5 Å². The van der Waals surface area contributed by atoms with Crippen molar-refractivity contribution in [1.82, 2.24) is 5.32 Å². The van der Waals surface area contributed by atoms with Gasteiger partial charge >= 0.3 is 0 Å². The third-order valence-corrected chi connectivity index (χ3v) is 4.81. The second-order valence-electron chi connectivity index (χ2n) is 6.12. The Labute approximate surface area is 129 Å². The molecule has 1 aliphatic rings. The molecule has 0 aromatic heterocycles. The molecule has 0 saturated heterocycles. The van der Waals surface area contributed by atoms with E-state index in [0.29, 0.717) is 6.04 Å². The predicted octanol–water partition coefficient (Wildman–Crippen LogP) is 4.32. The van der Waals surface area contributed by atoms with E-state index in [1.165, 1.54) is 37.7 Å². The lowest BCUT2D eigenvalue weighted by atomic mass is 9.84. The van der Waals surface area contributed by atoms with Crippen LogP contribution in [0.1, 0.15) is 57.6 Å². The molecule has 2 rings (SSSR count). The van der Waals surface area contributed by atoms with Crippen molar-refractivity contribution in [3.8, 4) is 11.5 Å². The largest absolute Gasteiger partial charge is 0.497 e. The van der Waals surface area contributed by atoms with E-state index in [1.54, 1.807) is 14.2 Å². The lowest BCUT2D eigenvalue weighted by Crippen LogP contribution is -2.35. The van der Waals surface area contributed by atoms with Crippen molar-refractivity contribution >= 4 is 0 Å². The molecule has 0 spiro atoms. The molecule has 0 amide bonds. The summed E-state index contributed by atoms with van der Waals surface area (Å²) in [6.45, 7) is 4.52. The SMILES string of the molecule is CCC1CCC(NC(C)c2cc(OC)ccc2OC)CC1. The Bertz CT molecular complexity index is 439. The molecule has 1 aliphatic carbocycles. The summed E-state index contributed by atoms with van der Waals surface area (Å²) >= 11 is 0. The second-order valence-corrected chi connectivity index (χ2v) is 6.12. The minimum Gasteiger partial charge on any atom is -0.497 e. The molecule has 1 atom stereocenters. The zero-order chi connectivity index (χ0) is 15.2. The highest BCUT2D eigenvalue weighted by molar-refractivity contribution is 5.42. The fourth-order valence-corrected chi connectivity index (χ4v) is 3.36. The van der Waals surface area contributed by atoms with Gasteiger partial charge in [0.2, 0.25) is 0 Å². The van der Waals surface area contributed by atoms with Gasteiger partial charge in [0.1, 0.15) is 11.5 Å². The van der Waals surface area contributed by atoms with E-state index in [1.807, 2.05) is 12.1 Å². The molecular weight excluding hydrogens is 262 g/mol. The molecule has 0 aliphatic heterocycles. The second kappa shape index (κ2) is 7.69. The Morgan fingerprint density at radius 2 is 1.86 bits per heavy atom. The van der Waals surface area contributed by atoms with Crippen molar-refractivity contribution in [3.05, 3.63) is 23.8 Å². The average molecular weight is 291 g/mol. The Morgan fingerprint density at radius 1 is 1.14 bits per heavy atom. The molecule has 1 N–H and O–H groups in total. The van der Waals surface area contributed by atoms with Gasteiger partial charge in [-0.2, -0.15) is 0 Å². The van der Waals surface area contributed by atoms with E-state index in [9.17, 15) is 0 Å². The number of methoxy groups -OCH3 is 2. The van der Waals surface area contributed by atoms with Crippen molar-refractivity contribution in [2.45, 2.75) is 58.0 Å². The van der Waals surface area contributed by atoms with Gasteiger partial charge in [0, 0.05) is 17.6 Å². The van der Waals surface area contributed by atoms with E-state index in [-0.39, 0.29) is 6.04 Å². The first-order valence-electron chi connectivity index (χ1n) is 8.15. The average Bonchev–Trinajstić information content (AvgIpc) is 2.54. The van der Waals surface area contributed by atoms with Crippen LogP contribution in [0.3, 0.4) is 0 Å². The molecule has 0 radical (unpaired) electrons. The van der Waals surface area contributed by atoms with Gasteiger partial charge in [-0.1, -0.05) is 13.3 Å². The van der Waals surface area contributed by atoms with Crippen LogP contribution in [-0.4, -0.2) is 20.3 Å². The first-order chi connectivity index (χ1) is 10.2. The molecule has 1 aromatic rings. The molecule has 3 nitrogen and oxygen atoms in total. The highest BCUT2D eigenvalue weighted by Gasteiger charge is 2.22. The normalized spacial score (nSPS) is 23.6. The number of benzene rings is 1. The van der Waals surface area contributed by atoms with Crippen LogP contribution in [-0.2, 0) is 0 Å². The number of nitrogens with one attached hydrogen (secondary N) is 1. The summed E-state index contributed by atoms with van der Waals surface area (Å²) < 4.78 is 10.8. The summed E-state index contributed by atoms with van der Waals surface area (Å²) in [5.74, 6) is 2.75. The molecule has 118 valence electrons. The maximum atomic E-state index is 5.49. The Morgan fingerprint density at radius 3 is 2.43 bits per heavy atom. The van der Waals surface area contributed by atoms with Crippen molar-refractivity contribution in [2.75, 3.05) is 14.2 Å². The van der Waals surface area contributed by atoms with Crippen molar-refractivity contribution in [2.24, 2.45) is 5.92 Å². The van der Waals surface area contributed by atoms with Crippen LogP contribution in [0.15, 0.2) is 18.2 Å². The molecule has 1 saturated carbocycles. The first kappa shape index (κ1) is 16.2. The Balaban J connectivity index is 2.01. The molecular formula is C18H29NO2. The van der Waals surface area contributed by atoms with Gasteiger partial charge in [-0.25, -0.2) is 0 Å².